The molecule has 142 valence electrons. The fraction of sp³-hybridized carbons (Fsp3) is 0.765. The van der Waals surface area contributed by atoms with Crippen molar-refractivity contribution in [1.29, 1.82) is 0 Å². The second-order valence-corrected chi connectivity index (χ2v) is 7.30. The first-order valence-electron chi connectivity index (χ1n) is 8.64. The van der Waals surface area contributed by atoms with Crippen molar-refractivity contribution < 1.29 is 22.3 Å². The lowest BCUT2D eigenvalue weighted by Gasteiger charge is -2.39. The summed E-state index contributed by atoms with van der Waals surface area (Å²) >= 11 is 5.57. The third kappa shape index (κ3) is 5.69. The Morgan fingerprint density at radius 1 is 1.08 bits per heavy atom. The fourth-order valence-corrected chi connectivity index (χ4v) is 3.58. The number of halogens is 5. The van der Waals surface area contributed by atoms with Crippen LogP contribution in [0.3, 0.4) is 0 Å². The van der Waals surface area contributed by atoms with Crippen LogP contribution in [0.1, 0.15) is 64.7 Å². The molecule has 0 aromatic carbocycles. The molecule has 1 fully saturated rings. The smallest absolute Gasteiger partial charge is 0.426 e. The summed E-state index contributed by atoms with van der Waals surface area (Å²) in [5.74, 6) is -1.80. The van der Waals surface area contributed by atoms with E-state index in [2.05, 4.69) is 9.97 Å². The van der Waals surface area contributed by atoms with Gasteiger partial charge in [-0.3, -0.25) is 0 Å². The molecule has 8 heteroatoms. The summed E-state index contributed by atoms with van der Waals surface area (Å²) in [5, 5.41) is -0.353. The fourth-order valence-electron chi connectivity index (χ4n) is 3.46. The lowest BCUT2D eigenvalue weighted by atomic mass is 9.74. The monoisotopic (exact) mass is 382 g/mol. The average molecular weight is 383 g/mol. The Kier molecular flexibility index (Phi) is 6.88. The molecule has 1 unspecified atom stereocenters. The van der Waals surface area contributed by atoms with Gasteiger partial charge in [0.2, 0.25) is 17.2 Å². The molecule has 0 amide bonds. The predicted octanol–water partition coefficient (Wildman–Crippen LogP) is 6.11. The summed E-state index contributed by atoms with van der Waals surface area (Å²) < 4.78 is 60.1. The number of aromatic nitrogens is 2. The molecule has 2 rings (SSSR count). The van der Waals surface area contributed by atoms with E-state index in [9.17, 15) is 17.6 Å². The highest BCUT2D eigenvalue weighted by atomic mass is 35.5. The van der Waals surface area contributed by atoms with Gasteiger partial charge < -0.3 is 4.74 Å². The van der Waals surface area contributed by atoms with Crippen molar-refractivity contribution in [3.8, 4) is 5.88 Å². The van der Waals surface area contributed by atoms with Crippen LogP contribution in [-0.2, 0) is 0 Å². The average Bonchev–Trinajstić information content (AvgIpc) is 2.53. The zero-order valence-electron chi connectivity index (χ0n) is 14.2. The van der Waals surface area contributed by atoms with Crippen molar-refractivity contribution in [3.63, 3.8) is 0 Å². The van der Waals surface area contributed by atoms with Gasteiger partial charge in [-0.1, -0.05) is 51.9 Å². The first-order chi connectivity index (χ1) is 11.7. The van der Waals surface area contributed by atoms with Crippen molar-refractivity contribution >= 4 is 11.6 Å². The van der Waals surface area contributed by atoms with Gasteiger partial charge in [-0.25, -0.2) is 4.98 Å². The predicted molar refractivity (Wildman–Crippen MR) is 87.1 cm³/mol. The molecule has 1 aliphatic rings. The van der Waals surface area contributed by atoms with Crippen molar-refractivity contribution in [2.75, 3.05) is 0 Å². The summed E-state index contributed by atoms with van der Waals surface area (Å²) in [7, 11) is 0. The molecule has 0 N–H and O–H groups in total. The Morgan fingerprint density at radius 3 is 2.12 bits per heavy atom. The Morgan fingerprint density at radius 2 is 1.60 bits per heavy atom. The van der Waals surface area contributed by atoms with Crippen LogP contribution in [0.4, 0.5) is 17.6 Å². The van der Waals surface area contributed by atoms with Crippen molar-refractivity contribution in [1.82, 2.24) is 9.97 Å². The van der Waals surface area contributed by atoms with Crippen LogP contribution in [0, 0.1) is 11.2 Å². The van der Waals surface area contributed by atoms with Crippen LogP contribution in [0.15, 0.2) is 6.20 Å². The normalized spacial score (nSPS) is 20.7. The number of nitrogens with zero attached hydrogens (tertiary/aromatic N) is 2. The number of rotatable bonds is 3. The molecular formula is C17H23ClF4N2O. The van der Waals surface area contributed by atoms with Crippen molar-refractivity contribution in [3.05, 3.63) is 17.3 Å². The van der Waals surface area contributed by atoms with E-state index >= 15 is 0 Å². The number of hydrogen-bond donors (Lipinski definition) is 0. The third-order valence-electron chi connectivity index (χ3n) is 4.84. The molecule has 0 spiro atoms. The largest absolute Gasteiger partial charge is 0.462 e. The molecule has 25 heavy (non-hydrogen) atoms. The van der Waals surface area contributed by atoms with E-state index in [-0.39, 0.29) is 5.28 Å². The van der Waals surface area contributed by atoms with Crippen LogP contribution < -0.4 is 4.74 Å². The van der Waals surface area contributed by atoms with Crippen molar-refractivity contribution in [2.24, 2.45) is 5.41 Å². The first-order valence-corrected chi connectivity index (χ1v) is 9.01. The molecular weight excluding hydrogens is 360 g/mol. The number of ether oxygens (including phenoxy) is 1. The summed E-state index contributed by atoms with van der Waals surface area (Å²) in [5.41, 5.74) is -1.14. The molecule has 0 saturated heterocycles. The van der Waals surface area contributed by atoms with Gasteiger partial charge in [-0.2, -0.15) is 22.5 Å². The Balaban J connectivity index is 2.28. The van der Waals surface area contributed by atoms with Gasteiger partial charge in [-0.15, -0.1) is 0 Å². The van der Waals surface area contributed by atoms with E-state index in [1.54, 1.807) is 6.92 Å². The highest BCUT2D eigenvalue weighted by Gasteiger charge is 2.53. The van der Waals surface area contributed by atoms with Gasteiger partial charge in [-0.05, 0) is 24.4 Å². The van der Waals surface area contributed by atoms with Gasteiger partial charge in [0.05, 0.1) is 6.20 Å². The summed E-state index contributed by atoms with van der Waals surface area (Å²) in [4.78, 5) is 6.89. The summed E-state index contributed by atoms with van der Waals surface area (Å²) in [6.45, 7) is 1.58. The highest BCUT2D eigenvalue weighted by Crippen LogP contribution is 2.44. The maximum atomic E-state index is 13.8. The lowest BCUT2D eigenvalue weighted by molar-refractivity contribution is -0.231. The van der Waals surface area contributed by atoms with E-state index < -0.39 is 29.4 Å². The SMILES string of the molecule is CC1(C(Oc2nc(Cl)ncc2F)C(F)(F)F)CCCCCCCCC1. The Labute approximate surface area is 150 Å². The van der Waals surface area contributed by atoms with E-state index in [4.69, 9.17) is 16.3 Å². The Hall–Kier alpha value is -1.11. The maximum absolute atomic E-state index is 13.8. The van der Waals surface area contributed by atoms with Gasteiger partial charge in [0.25, 0.3) is 5.88 Å². The van der Waals surface area contributed by atoms with Crippen LogP contribution in [0.25, 0.3) is 0 Å². The standard InChI is InChI=1S/C17H23ClF4N2O/c1-16(9-7-5-3-2-4-6-8-10-16)14(17(20,21)22)25-13-12(19)11-23-15(18)24-13/h11,14H,2-10H2,1H3. The van der Waals surface area contributed by atoms with Crippen LogP contribution in [0.2, 0.25) is 5.28 Å². The third-order valence-corrected chi connectivity index (χ3v) is 5.02. The molecule has 1 aromatic heterocycles. The van der Waals surface area contributed by atoms with E-state index in [0.29, 0.717) is 31.9 Å². The maximum Gasteiger partial charge on any atom is 0.426 e. The topological polar surface area (TPSA) is 35.0 Å². The summed E-state index contributed by atoms with van der Waals surface area (Å²) in [6, 6.07) is 0. The van der Waals surface area contributed by atoms with Crippen molar-refractivity contribution in [2.45, 2.75) is 77.0 Å². The molecule has 1 atom stereocenters. The minimum Gasteiger partial charge on any atom is -0.462 e. The lowest BCUT2D eigenvalue weighted by Crippen LogP contribution is -2.48. The van der Waals surface area contributed by atoms with Crippen LogP contribution >= 0.6 is 11.6 Å². The van der Waals surface area contributed by atoms with Gasteiger partial charge in [0, 0.05) is 5.41 Å². The number of hydrogen-bond acceptors (Lipinski definition) is 3. The van der Waals surface area contributed by atoms with Gasteiger partial charge in [0.15, 0.2) is 0 Å². The van der Waals surface area contributed by atoms with Gasteiger partial charge in [0.1, 0.15) is 0 Å². The molecule has 1 aromatic rings. The van der Waals surface area contributed by atoms with Crippen LogP contribution in [0.5, 0.6) is 5.88 Å². The number of alkyl halides is 3. The quantitative estimate of drug-likeness (QED) is 0.467. The molecule has 0 radical (unpaired) electrons. The first kappa shape index (κ1) is 20.2. The molecule has 0 bridgehead atoms. The zero-order valence-corrected chi connectivity index (χ0v) is 15.0. The van der Waals surface area contributed by atoms with Crippen LogP contribution in [-0.4, -0.2) is 22.2 Å². The highest BCUT2D eigenvalue weighted by molar-refractivity contribution is 6.28. The van der Waals surface area contributed by atoms with Gasteiger partial charge >= 0.3 is 6.18 Å². The van der Waals surface area contributed by atoms with E-state index in [1.807, 2.05) is 0 Å². The summed E-state index contributed by atoms with van der Waals surface area (Å²) in [6.07, 6.45) is 1.06. The van der Waals surface area contributed by atoms with E-state index in [1.165, 1.54) is 0 Å². The minimum absolute atomic E-state index is 0.353. The van der Waals surface area contributed by atoms with E-state index in [0.717, 1.165) is 32.1 Å². The zero-order chi connectivity index (χ0) is 18.5. The second kappa shape index (κ2) is 8.52. The molecule has 1 heterocycles. The molecule has 1 aliphatic carbocycles. The Bertz CT molecular complexity index is 558. The molecule has 1 saturated carbocycles. The molecule has 3 nitrogen and oxygen atoms in total. The molecule has 0 aliphatic heterocycles. The second-order valence-electron chi connectivity index (χ2n) is 6.96. The minimum atomic E-state index is -4.64.